The second kappa shape index (κ2) is 7.33. The van der Waals surface area contributed by atoms with Crippen LogP contribution in [0.4, 0.5) is 5.82 Å². The summed E-state index contributed by atoms with van der Waals surface area (Å²) in [6.45, 7) is 0.535. The van der Waals surface area contributed by atoms with Crippen molar-refractivity contribution in [3.8, 4) is 22.8 Å². The van der Waals surface area contributed by atoms with E-state index in [2.05, 4.69) is 20.4 Å². The van der Waals surface area contributed by atoms with E-state index in [1.165, 1.54) is 6.33 Å². The fourth-order valence-electron chi connectivity index (χ4n) is 2.97. The van der Waals surface area contributed by atoms with Crippen molar-refractivity contribution in [3.05, 3.63) is 66.5 Å². The van der Waals surface area contributed by atoms with Gasteiger partial charge in [0.05, 0.1) is 19.9 Å². The Bertz CT molecular complexity index is 1060. The minimum absolute atomic E-state index is 0.535. The van der Waals surface area contributed by atoms with E-state index in [-0.39, 0.29) is 0 Å². The van der Waals surface area contributed by atoms with Gasteiger partial charge in [-0.1, -0.05) is 42.5 Å². The number of fused-ring (bicyclic) bond motifs is 1. The molecule has 2 aromatic heterocycles. The summed E-state index contributed by atoms with van der Waals surface area (Å²) in [5, 5.41) is 7.68. The maximum absolute atomic E-state index is 5.51. The van der Waals surface area contributed by atoms with Crippen molar-refractivity contribution in [2.75, 3.05) is 19.5 Å². The van der Waals surface area contributed by atoms with Gasteiger partial charge in [0, 0.05) is 23.7 Å². The molecular formula is C20H19N5O2. The van der Waals surface area contributed by atoms with E-state index < -0.39 is 0 Å². The predicted octanol–water partition coefficient (Wildman–Crippen LogP) is 3.42. The zero-order valence-electron chi connectivity index (χ0n) is 15.1. The van der Waals surface area contributed by atoms with Gasteiger partial charge >= 0.3 is 0 Å². The number of hydrogen-bond acceptors (Lipinski definition) is 6. The number of para-hydroxylation sites is 1. The predicted molar refractivity (Wildman–Crippen MR) is 103 cm³/mol. The Morgan fingerprint density at radius 3 is 2.63 bits per heavy atom. The van der Waals surface area contributed by atoms with Gasteiger partial charge in [-0.25, -0.2) is 4.98 Å². The summed E-state index contributed by atoms with van der Waals surface area (Å²) in [6.07, 6.45) is 1.49. The van der Waals surface area contributed by atoms with E-state index in [1.54, 1.807) is 18.7 Å². The Balaban J connectivity index is 1.69. The van der Waals surface area contributed by atoms with Gasteiger partial charge in [0.2, 0.25) is 0 Å². The number of methoxy groups -OCH3 is 2. The SMILES string of the molecule is COc1cccc(CNc2cc(-c3ccccc3)nc3ncnn23)c1OC. The lowest BCUT2D eigenvalue weighted by molar-refractivity contribution is 0.352. The van der Waals surface area contributed by atoms with Crippen LogP contribution in [-0.4, -0.2) is 33.8 Å². The number of aromatic nitrogens is 4. The van der Waals surface area contributed by atoms with Crippen LogP contribution in [0.5, 0.6) is 11.5 Å². The molecule has 4 aromatic rings. The minimum Gasteiger partial charge on any atom is -0.493 e. The first-order valence-electron chi connectivity index (χ1n) is 8.50. The highest BCUT2D eigenvalue weighted by molar-refractivity contribution is 5.65. The summed E-state index contributed by atoms with van der Waals surface area (Å²) in [4.78, 5) is 8.82. The van der Waals surface area contributed by atoms with Crippen molar-refractivity contribution in [1.29, 1.82) is 0 Å². The molecule has 0 amide bonds. The smallest absolute Gasteiger partial charge is 0.254 e. The van der Waals surface area contributed by atoms with Gasteiger partial charge < -0.3 is 14.8 Å². The van der Waals surface area contributed by atoms with E-state index in [1.807, 2.05) is 54.6 Å². The molecule has 0 bridgehead atoms. The van der Waals surface area contributed by atoms with Gasteiger partial charge in [-0.15, -0.1) is 0 Å². The summed E-state index contributed by atoms with van der Waals surface area (Å²) in [7, 11) is 3.26. The first kappa shape index (κ1) is 16.8. The second-order valence-corrected chi connectivity index (χ2v) is 5.87. The highest BCUT2D eigenvalue weighted by Crippen LogP contribution is 2.31. The van der Waals surface area contributed by atoms with Crippen molar-refractivity contribution >= 4 is 11.6 Å². The lowest BCUT2D eigenvalue weighted by Crippen LogP contribution is -2.08. The molecule has 0 aliphatic carbocycles. The molecule has 2 heterocycles. The molecule has 0 spiro atoms. The Kier molecular flexibility index (Phi) is 4.57. The number of rotatable bonds is 6. The zero-order valence-corrected chi connectivity index (χ0v) is 15.1. The van der Waals surface area contributed by atoms with E-state index in [0.717, 1.165) is 22.6 Å². The van der Waals surface area contributed by atoms with Gasteiger partial charge in [0.25, 0.3) is 5.78 Å². The van der Waals surface area contributed by atoms with Gasteiger partial charge in [-0.2, -0.15) is 14.6 Å². The van der Waals surface area contributed by atoms with Crippen molar-refractivity contribution in [2.24, 2.45) is 0 Å². The Hall–Kier alpha value is -3.61. The van der Waals surface area contributed by atoms with Crippen molar-refractivity contribution in [3.63, 3.8) is 0 Å². The molecule has 0 fully saturated rings. The molecule has 0 atom stereocenters. The molecule has 1 N–H and O–H groups in total. The molecule has 7 nitrogen and oxygen atoms in total. The number of nitrogens with one attached hydrogen (secondary N) is 1. The third-order valence-corrected chi connectivity index (χ3v) is 4.27. The van der Waals surface area contributed by atoms with Gasteiger partial charge in [0.15, 0.2) is 11.5 Å². The third kappa shape index (κ3) is 3.27. The van der Waals surface area contributed by atoms with Gasteiger partial charge in [-0.05, 0) is 6.07 Å². The Morgan fingerprint density at radius 1 is 1.00 bits per heavy atom. The van der Waals surface area contributed by atoms with E-state index >= 15 is 0 Å². The highest BCUT2D eigenvalue weighted by Gasteiger charge is 2.12. The molecule has 27 heavy (non-hydrogen) atoms. The first-order valence-corrected chi connectivity index (χ1v) is 8.50. The average molecular weight is 361 g/mol. The van der Waals surface area contributed by atoms with Crippen LogP contribution >= 0.6 is 0 Å². The van der Waals surface area contributed by atoms with Crippen LogP contribution in [0.1, 0.15) is 5.56 Å². The van der Waals surface area contributed by atoms with Crippen LogP contribution in [0.3, 0.4) is 0 Å². The lowest BCUT2D eigenvalue weighted by atomic mass is 10.1. The standard InChI is InChI=1S/C20H19N5O2/c1-26-17-10-6-9-15(19(17)27-2)12-21-18-11-16(14-7-4-3-5-8-14)24-20-22-13-23-25(18)20/h3-11,13,21H,12H2,1-2H3. The molecule has 0 aliphatic rings. The fourth-order valence-corrected chi connectivity index (χ4v) is 2.97. The maximum Gasteiger partial charge on any atom is 0.254 e. The zero-order chi connectivity index (χ0) is 18.6. The van der Waals surface area contributed by atoms with Crippen molar-refractivity contribution in [2.45, 2.75) is 6.54 Å². The molecule has 4 rings (SSSR count). The van der Waals surface area contributed by atoms with Crippen molar-refractivity contribution in [1.82, 2.24) is 19.6 Å². The summed E-state index contributed by atoms with van der Waals surface area (Å²) < 4.78 is 12.6. The van der Waals surface area contributed by atoms with E-state index in [4.69, 9.17) is 9.47 Å². The number of ether oxygens (including phenoxy) is 2. The molecular weight excluding hydrogens is 342 g/mol. The van der Waals surface area contributed by atoms with Gasteiger partial charge in [-0.3, -0.25) is 0 Å². The van der Waals surface area contributed by atoms with Gasteiger partial charge in [0.1, 0.15) is 12.1 Å². The highest BCUT2D eigenvalue weighted by atomic mass is 16.5. The topological polar surface area (TPSA) is 73.6 Å². The molecule has 0 radical (unpaired) electrons. The fraction of sp³-hybridized carbons (Fsp3) is 0.150. The van der Waals surface area contributed by atoms with E-state index in [9.17, 15) is 0 Å². The molecule has 0 saturated heterocycles. The molecule has 7 heteroatoms. The molecule has 2 aromatic carbocycles. The summed E-state index contributed by atoms with van der Waals surface area (Å²) in [5.41, 5.74) is 2.82. The first-order chi connectivity index (χ1) is 13.3. The second-order valence-electron chi connectivity index (χ2n) is 5.87. The third-order valence-electron chi connectivity index (χ3n) is 4.27. The van der Waals surface area contributed by atoms with Crippen LogP contribution in [-0.2, 0) is 6.54 Å². The van der Waals surface area contributed by atoms with Crippen molar-refractivity contribution < 1.29 is 9.47 Å². The Morgan fingerprint density at radius 2 is 1.85 bits per heavy atom. The molecule has 0 aliphatic heterocycles. The van der Waals surface area contributed by atoms with Crippen LogP contribution in [0.2, 0.25) is 0 Å². The summed E-state index contributed by atoms with van der Waals surface area (Å²) in [6, 6.07) is 17.7. The number of hydrogen-bond donors (Lipinski definition) is 1. The van der Waals surface area contributed by atoms with Crippen LogP contribution < -0.4 is 14.8 Å². The average Bonchev–Trinajstić information content (AvgIpc) is 3.21. The summed E-state index contributed by atoms with van der Waals surface area (Å²) in [5.74, 6) is 2.74. The van der Waals surface area contributed by atoms with E-state index in [0.29, 0.717) is 23.8 Å². The quantitative estimate of drug-likeness (QED) is 0.567. The molecule has 0 unspecified atom stereocenters. The molecule has 136 valence electrons. The van der Waals surface area contributed by atoms with Crippen LogP contribution in [0.15, 0.2) is 60.9 Å². The maximum atomic E-state index is 5.51. The lowest BCUT2D eigenvalue weighted by Gasteiger charge is -2.14. The normalized spacial score (nSPS) is 10.7. The minimum atomic E-state index is 0.535. The Labute approximate surface area is 156 Å². The number of anilines is 1. The molecule has 0 saturated carbocycles. The number of benzene rings is 2. The monoisotopic (exact) mass is 361 g/mol. The van der Waals surface area contributed by atoms with Crippen LogP contribution in [0, 0.1) is 0 Å². The largest absolute Gasteiger partial charge is 0.493 e. The summed E-state index contributed by atoms with van der Waals surface area (Å²) >= 11 is 0. The van der Waals surface area contributed by atoms with Crippen LogP contribution in [0.25, 0.3) is 17.0 Å². The number of nitrogens with zero attached hydrogens (tertiary/aromatic N) is 4.